The van der Waals surface area contributed by atoms with Crippen LogP contribution in [0.15, 0.2) is 12.2 Å². The molecule has 3 amide bonds. The van der Waals surface area contributed by atoms with Crippen LogP contribution in [0.1, 0.15) is 0 Å². The van der Waals surface area contributed by atoms with Crippen LogP contribution < -0.4 is 11.2 Å². The number of nitrogens with one attached hydrogen (secondary N) is 1. The molecule has 1 aliphatic rings. The van der Waals surface area contributed by atoms with Gasteiger partial charge in [-0.1, -0.05) is 6.58 Å². The van der Waals surface area contributed by atoms with E-state index in [1.54, 1.807) is 0 Å². The maximum Gasteiger partial charge on any atom is 0.350 e. The number of rotatable bonds is 1. The van der Waals surface area contributed by atoms with Crippen LogP contribution in [0.2, 0.25) is 0 Å². The van der Waals surface area contributed by atoms with Crippen molar-refractivity contribution in [1.82, 2.24) is 10.4 Å². The zero-order valence-corrected chi connectivity index (χ0v) is 5.66. The number of imide groups is 1. The minimum atomic E-state index is -0.676. The lowest BCUT2D eigenvalue weighted by atomic mass is 10.2. The molecule has 0 aliphatic carbocycles. The number of urea groups is 1. The molecule has 11 heavy (non-hydrogen) atoms. The molecule has 1 aliphatic heterocycles. The van der Waals surface area contributed by atoms with E-state index in [1.807, 2.05) is 5.32 Å². The number of amides is 3. The minimum Gasteiger partial charge on any atom is -0.272 e. The fourth-order valence-electron chi connectivity index (χ4n) is 0.650. The van der Waals surface area contributed by atoms with Crippen molar-refractivity contribution in [2.45, 2.75) is 0 Å². The fourth-order valence-corrected chi connectivity index (χ4v) is 0.650. The minimum absolute atomic E-state index is 0.00116. The highest BCUT2D eigenvalue weighted by Gasteiger charge is 2.26. The molecule has 60 valence electrons. The van der Waals surface area contributed by atoms with Crippen molar-refractivity contribution in [1.29, 1.82) is 0 Å². The van der Waals surface area contributed by atoms with Gasteiger partial charge in [0.1, 0.15) is 0 Å². The second kappa shape index (κ2) is 2.69. The van der Waals surface area contributed by atoms with Gasteiger partial charge in [-0.05, 0) is 0 Å². The zero-order chi connectivity index (χ0) is 8.43. The first kappa shape index (κ1) is 7.70. The predicted molar refractivity (Wildman–Crippen MR) is 34.7 cm³/mol. The van der Waals surface area contributed by atoms with Crippen LogP contribution in [0, 0.1) is 0 Å². The van der Waals surface area contributed by atoms with Gasteiger partial charge >= 0.3 is 6.03 Å². The van der Waals surface area contributed by atoms with Crippen molar-refractivity contribution in [3.05, 3.63) is 12.2 Å². The number of hydroxylamine groups is 2. The van der Waals surface area contributed by atoms with Gasteiger partial charge in [0.2, 0.25) is 0 Å². The van der Waals surface area contributed by atoms with Crippen LogP contribution in [-0.4, -0.2) is 23.5 Å². The van der Waals surface area contributed by atoms with Gasteiger partial charge in [-0.2, -0.15) is 15.9 Å². The van der Waals surface area contributed by atoms with Crippen molar-refractivity contribution >= 4 is 11.9 Å². The van der Waals surface area contributed by atoms with Crippen LogP contribution in [-0.2, 0) is 9.73 Å². The average Bonchev–Trinajstić information content (AvgIpc) is 1.97. The van der Waals surface area contributed by atoms with E-state index in [4.69, 9.17) is 5.90 Å². The highest BCUT2D eigenvalue weighted by Crippen LogP contribution is 2.02. The van der Waals surface area contributed by atoms with Gasteiger partial charge < -0.3 is 0 Å². The smallest absolute Gasteiger partial charge is 0.272 e. The second-order valence-electron chi connectivity index (χ2n) is 2.00. The third-order valence-electron chi connectivity index (χ3n) is 1.23. The van der Waals surface area contributed by atoms with Gasteiger partial charge in [0.15, 0.2) is 0 Å². The number of carbonyl (C=O) groups is 2. The summed E-state index contributed by atoms with van der Waals surface area (Å²) in [7, 11) is 0. The Kier molecular flexibility index (Phi) is 1.88. The fraction of sp³-hybridized carbons (Fsp3) is 0.200. The van der Waals surface area contributed by atoms with Crippen LogP contribution >= 0.6 is 0 Å². The molecule has 0 aromatic rings. The van der Waals surface area contributed by atoms with Crippen LogP contribution in [0.3, 0.4) is 0 Å². The first-order valence-electron chi connectivity index (χ1n) is 2.82. The number of carbonyl (C=O) groups excluding carboxylic acids is 2. The summed E-state index contributed by atoms with van der Waals surface area (Å²) in [6.45, 7) is 3.39. The largest absolute Gasteiger partial charge is 0.350 e. The summed E-state index contributed by atoms with van der Waals surface area (Å²) in [6.07, 6.45) is 0. The lowest BCUT2D eigenvalue weighted by molar-refractivity contribution is -0.135. The van der Waals surface area contributed by atoms with Crippen LogP contribution in [0.25, 0.3) is 0 Å². The number of nitrogens with two attached hydrogens (primary N) is 1. The molecule has 0 radical (unpaired) electrons. The number of hydrogen-bond donors (Lipinski definition) is 2. The van der Waals surface area contributed by atoms with Crippen LogP contribution in [0.5, 0.6) is 0 Å². The molecular weight excluding hydrogens is 150 g/mol. The third-order valence-corrected chi connectivity index (χ3v) is 1.23. The molecule has 0 spiro atoms. The van der Waals surface area contributed by atoms with Crippen molar-refractivity contribution in [3.63, 3.8) is 0 Å². The van der Waals surface area contributed by atoms with Crippen molar-refractivity contribution in [3.8, 4) is 0 Å². The average molecular weight is 157 g/mol. The highest BCUT2D eigenvalue weighted by atomic mass is 16.8. The molecule has 1 heterocycles. The molecule has 3 N–H and O–H groups in total. The second-order valence-corrected chi connectivity index (χ2v) is 2.00. The SMILES string of the molecule is C=C1CN(ON)C(=O)NC1=O. The van der Waals surface area contributed by atoms with E-state index < -0.39 is 11.9 Å². The lowest BCUT2D eigenvalue weighted by Crippen LogP contribution is -2.51. The molecule has 1 fully saturated rings. The monoisotopic (exact) mass is 157 g/mol. The van der Waals surface area contributed by atoms with E-state index in [1.165, 1.54) is 0 Å². The lowest BCUT2D eigenvalue weighted by Gasteiger charge is -2.23. The summed E-state index contributed by atoms with van der Waals surface area (Å²) in [5.41, 5.74) is 0.232. The summed E-state index contributed by atoms with van der Waals surface area (Å²) in [5, 5.41) is 2.77. The highest BCUT2D eigenvalue weighted by molar-refractivity contribution is 6.06. The maximum absolute atomic E-state index is 10.7. The Morgan fingerprint density at radius 1 is 1.64 bits per heavy atom. The molecule has 0 atom stereocenters. The molecule has 6 nitrogen and oxygen atoms in total. The summed E-state index contributed by atoms with van der Waals surface area (Å²) in [5.74, 6) is 4.22. The van der Waals surface area contributed by atoms with Gasteiger partial charge in [0.25, 0.3) is 5.91 Å². The van der Waals surface area contributed by atoms with Crippen molar-refractivity contribution < 1.29 is 14.5 Å². The summed E-state index contributed by atoms with van der Waals surface area (Å²) >= 11 is 0. The van der Waals surface area contributed by atoms with E-state index >= 15 is 0 Å². The van der Waals surface area contributed by atoms with E-state index in [0.29, 0.717) is 0 Å². The molecule has 0 aromatic heterocycles. The van der Waals surface area contributed by atoms with E-state index in [0.717, 1.165) is 5.06 Å². The molecule has 1 saturated heterocycles. The molecular formula is C5H7N3O3. The van der Waals surface area contributed by atoms with Gasteiger partial charge in [-0.3, -0.25) is 10.1 Å². The molecule has 6 heteroatoms. The normalized spacial score (nSPS) is 18.6. The van der Waals surface area contributed by atoms with E-state index in [-0.39, 0.29) is 12.1 Å². The molecule has 0 saturated carbocycles. The first-order valence-corrected chi connectivity index (χ1v) is 2.82. The Hall–Kier alpha value is -1.40. The molecule has 1 rings (SSSR count). The summed E-state index contributed by atoms with van der Waals surface area (Å²) < 4.78 is 0. The van der Waals surface area contributed by atoms with E-state index in [9.17, 15) is 9.59 Å². The quantitative estimate of drug-likeness (QED) is 0.373. The Balaban J connectivity index is 2.69. The van der Waals surface area contributed by atoms with Gasteiger partial charge in [0.05, 0.1) is 6.54 Å². The molecule has 0 bridgehead atoms. The van der Waals surface area contributed by atoms with Gasteiger partial charge in [0, 0.05) is 5.57 Å². The Bertz CT molecular complexity index is 225. The Morgan fingerprint density at radius 3 is 2.82 bits per heavy atom. The summed E-state index contributed by atoms with van der Waals surface area (Å²) in [6, 6.07) is -0.676. The van der Waals surface area contributed by atoms with Gasteiger partial charge in [-0.25, -0.2) is 4.79 Å². The number of hydrogen-bond acceptors (Lipinski definition) is 4. The van der Waals surface area contributed by atoms with Gasteiger partial charge in [-0.15, -0.1) is 0 Å². The molecule has 0 unspecified atom stereocenters. The topological polar surface area (TPSA) is 84.7 Å². The Morgan fingerprint density at radius 2 is 2.27 bits per heavy atom. The van der Waals surface area contributed by atoms with Crippen molar-refractivity contribution in [2.75, 3.05) is 6.54 Å². The Labute approximate surface area is 62.5 Å². The first-order chi connectivity index (χ1) is 5.15. The third kappa shape index (κ3) is 1.36. The van der Waals surface area contributed by atoms with E-state index in [2.05, 4.69) is 11.5 Å². The summed E-state index contributed by atoms with van der Waals surface area (Å²) in [4.78, 5) is 25.6. The zero-order valence-electron chi connectivity index (χ0n) is 5.66. The predicted octanol–water partition coefficient (Wildman–Crippen LogP) is -1.10. The van der Waals surface area contributed by atoms with Crippen LogP contribution in [0.4, 0.5) is 4.79 Å². The maximum atomic E-state index is 10.7. The standard InChI is InChI=1S/C5H7N3O3/c1-3-2-8(11-6)5(10)7-4(3)9/h1-2,6H2,(H,7,9,10). The number of nitrogens with zero attached hydrogens (tertiary/aromatic N) is 1. The van der Waals surface area contributed by atoms with Crippen molar-refractivity contribution in [2.24, 2.45) is 5.90 Å². The molecule has 0 aromatic carbocycles.